The maximum atomic E-state index is 4.56. The van der Waals surface area contributed by atoms with Crippen molar-refractivity contribution >= 4 is 17.0 Å². The normalized spacial score (nSPS) is 17.1. The molecule has 3 aromatic rings. The lowest BCUT2D eigenvalue weighted by molar-refractivity contribution is 0.121. The fourth-order valence-corrected chi connectivity index (χ4v) is 3.63. The number of hydrogen-bond acceptors (Lipinski definition) is 6. The zero-order valence-corrected chi connectivity index (χ0v) is 14.0. The Morgan fingerprint density at radius 2 is 1.91 bits per heavy atom. The summed E-state index contributed by atoms with van der Waals surface area (Å²) in [6, 6.07) is 4.25. The number of aryl methyl sites for hydroxylation is 1. The van der Waals surface area contributed by atoms with Crippen molar-refractivity contribution in [2.24, 2.45) is 0 Å². The van der Waals surface area contributed by atoms with E-state index in [2.05, 4.69) is 49.3 Å². The molecule has 0 saturated carbocycles. The number of piperazine rings is 1. The fraction of sp³-hybridized carbons (Fsp3) is 0.438. The summed E-state index contributed by atoms with van der Waals surface area (Å²) in [5.74, 6) is 0. The van der Waals surface area contributed by atoms with Crippen LogP contribution in [0.2, 0.25) is 0 Å². The fourth-order valence-electron chi connectivity index (χ4n) is 3.03. The van der Waals surface area contributed by atoms with Gasteiger partial charge in [-0.1, -0.05) is 0 Å². The number of rotatable bonds is 4. The van der Waals surface area contributed by atoms with E-state index in [9.17, 15) is 0 Å². The lowest BCUT2D eigenvalue weighted by atomic mass is 10.2. The molecule has 0 aliphatic carbocycles. The molecule has 1 aliphatic rings. The third kappa shape index (κ3) is 3.41. The monoisotopic (exact) mass is 328 g/mol. The van der Waals surface area contributed by atoms with Gasteiger partial charge >= 0.3 is 0 Å². The quantitative estimate of drug-likeness (QED) is 0.731. The van der Waals surface area contributed by atoms with E-state index in [-0.39, 0.29) is 0 Å². The van der Waals surface area contributed by atoms with Gasteiger partial charge in [-0.05, 0) is 24.6 Å². The highest BCUT2D eigenvalue weighted by Crippen LogP contribution is 2.14. The van der Waals surface area contributed by atoms with Crippen molar-refractivity contribution in [3.05, 3.63) is 46.3 Å². The van der Waals surface area contributed by atoms with E-state index in [0.29, 0.717) is 0 Å². The molecule has 4 rings (SSSR count). The van der Waals surface area contributed by atoms with Crippen LogP contribution in [-0.2, 0) is 13.1 Å². The summed E-state index contributed by atoms with van der Waals surface area (Å²) >= 11 is 1.74. The number of fused-ring (bicyclic) bond motifs is 1. The van der Waals surface area contributed by atoms with Gasteiger partial charge in [-0.2, -0.15) is 5.10 Å². The molecule has 0 amide bonds. The minimum atomic E-state index is 0.917. The molecule has 1 saturated heterocycles. The smallest absolute Gasteiger partial charge is 0.155 e. The lowest BCUT2D eigenvalue weighted by Gasteiger charge is -2.34. The molecular formula is C16H20N6S. The zero-order chi connectivity index (χ0) is 15.6. The molecule has 6 nitrogen and oxygen atoms in total. The van der Waals surface area contributed by atoms with Crippen LogP contribution in [-0.4, -0.2) is 55.6 Å². The maximum absolute atomic E-state index is 4.56. The summed E-state index contributed by atoms with van der Waals surface area (Å²) in [5.41, 5.74) is 3.42. The molecule has 3 aromatic heterocycles. The van der Waals surface area contributed by atoms with E-state index in [0.717, 1.165) is 49.9 Å². The maximum Gasteiger partial charge on any atom is 0.155 e. The van der Waals surface area contributed by atoms with Gasteiger partial charge in [-0.15, -0.1) is 11.3 Å². The van der Waals surface area contributed by atoms with E-state index in [1.165, 1.54) is 11.3 Å². The molecule has 1 fully saturated rings. The molecule has 0 atom stereocenters. The molecule has 0 radical (unpaired) electrons. The molecule has 1 aliphatic heterocycles. The van der Waals surface area contributed by atoms with E-state index in [1.807, 2.05) is 6.20 Å². The average molecular weight is 328 g/mol. The van der Waals surface area contributed by atoms with Crippen LogP contribution in [0.4, 0.5) is 0 Å². The Hall–Kier alpha value is -1.83. The number of pyridine rings is 1. The van der Waals surface area contributed by atoms with Crippen LogP contribution in [0.5, 0.6) is 0 Å². The van der Waals surface area contributed by atoms with Crippen LogP contribution in [0.25, 0.3) is 5.65 Å². The van der Waals surface area contributed by atoms with Gasteiger partial charge in [-0.25, -0.2) is 14.5 Å². The van der Waals surface area contributed by atoms with Crippen LogP contribution in [0, 0.1) is 6.92 Å². The van der Waals surface area contributed by atoms with Gasteiger partial charge in [0.15, 0.2) is 5.65 Å². The van der Waals surface area contributed by atoms with Gasteiger partial charge in [0.05, 0.1) is 10.7 Å². The molecule has 4 heterocycles. The number of aromatic nitrogens is 4. The largest absolute Gasteiger partial charge is 0.297 e. The SMILES string of the molecule is Cc1nc(CN2CCN(Cc3ccn4ncnc4c3)CC2)cs1. The molecular weight excluding hydrogens is 308 g/mol. The molecule has 7 heteroatoms. The molecule has 0 N–H and O–H groups in total. The Balaban J connectivity index is 1.32. The summed E-state index contributed by atoms with van der Waals surface area (Å²) in [7, 11) is 0. The Kier molecular flexibility index (Phi) is 4.07. The van der Waals surface area contributed by atoms with Gasteiger partial charge in [0.2, 0.25) is 0 Å². The standard InChI is InChI=1S/C16H20N6S/c1-13-19-15(11-23-13)10-21-6-4-20(5-7-21)9-14-2-3-22-16(8-14)17-12-18-22/h2-3,8,11-12H,4-7,9-10H2,1H3. The second-order valence-electron chi connectivity index (χ2n) is 6.01. The zero-order valence-electron chi connectivity index (χ0n) is 13.2. The van der Waals surface area contributed by atoms with Gasteiger partial charge in [0.1, 0.15) is 6.33 Å². The van der Waals surface area contributed by atoms with Crippen molar-refractivity contribution < 1.29 is 0 Å². The van der Waals surface area contributed by atoms with Crippen LogP contribution in [0.3, 0.4) is 0 Å². The van der Waals surface area contributed by atoms with Crippen LogP contribution in [0.1, 0.15) is 16.3 Å². The molecule has 0 bridgehead atoms. The Morgan fingerprint density at radius 3 is 2.65 bits per heavy atom. The second kappa shape index (κ2) is 6.35. The summed E-state index contributed by atoms with van der Waals surface area (Å²) in [4.78, 5) is 13.8. The van der Waals surface area contributed by atoms with Crippen LogP contribution in [0.15, 0.2) is 30.0 Å². The van der Waals surface area contributed by atoms with E-state index in [1.54, 1.807) is 22.2 Å². The molecule has 0 aromatic carbocycles. The van der Waals surface area contributed by atoms with Crippen molar-refractivity contribution in [2.75, 3.05) is 26.2 Å². The molecule has 0 spiro atoms. The molecule has 0 unspecified atom stereocenters. The first-order valence-corrected chi connectivity index (χ1v) is 8.78. The highest BCUT2D eigenvalue weighted by atomic mass is 32.1. The second-order valence-corrected chi connectivity index (χ2v) is 7.07. The number of thiazole rings is 1. The van der Waals surface area contributed by atoms with Gasteiger partial charge < -0.3 is 0 Å². The third-order valence-corrected chi connectivity index (χ3v) is 5.09. The predicted octanol–water partition coefficient (Wildman–Crippen LogP) is 1.81. The van der Waals surface area contributed by atoms with E-state index < -0.39 is 0 Å². The van der Waals surface area contributed by atoms with Gasteiger partial charge in [0, 0.05) is 50.8 Å². The third-order valence-electron chi connectivity index (χ3n) is 4.27. The summed E-state index contributed by atoms with van der Waals surface area (Å²) in [6.45, 7) is 8.42. The summed E-state index contributed by atoms with van der Waals surface area (Å²) in [6.07, 6.45) is 3.58. The van der Waals surface area contributed by atoms with Crippen molar-refractivity contribution in [3.8, 4) is 0 Å². The number of hydrogen-bond donors (Lipinski definition) is 0. The Labute approximate surface area is 139 Å². The number of nitrogens with zero attached hydrogens (tertiary/aromatic N) is 6. The van der Waals surface area contributed by atoms with Gasteiger partial charge in [0.25, 0.3) is 0 Å². The van der Waals surface area contributed by atoms with Crippen molar-refractivity contribution in [2.45, 2.75) is 20.0 Å². The summed E-state index contributed by atoms with van der Waals surface area (Å²) in [5, 5.41) is 7.47. The average Bonchev–Trinajstić information content (AvgIpc) is 3.17. The predicted molar refractivity (Wildman–Crippen MR) is 90.4 cm³/mol. The van der Waals surface area contributed by atoms with Crippen LogP contribution >= 0.6 is 11.3 Å². The topological polar surface area (TPSA) is 49.6 Å². The van der Waals surface area contributed by atoms with Crippen LogP contribution < -0.4 is 0 Å². The highest BCUT2D eigenvalue weighted by molar-refractivity contribution is 7.09. The van der Waals surface area contributed by atoms with Gasteiger partial charge in [-0.3, -0.25) is 9.80 Å². The minimum absolute atomic E-state index is 0.917. The van der Waals surface area contributed by atoms with E-state index >= 15 is 0 Å². The lowest BCUT2D eigenvalue weighted by Crippen LogP contribution is -2.45. The minimum Gasteiger partial charge on any atom is -0.297 e. The first kappa shape index (κ1) is 14.7. The van der Waals surface area contributed by atoms with Crippen molar-refractivity contribution in [1.82, 2.24) is 29.4 Å². The molecule has 23 heavy (non-hydrogen) atoms. The molecule has 120 valence electrons. The first-order chi connectivity index (χ1) is 11.3. The van der Waals surface area contributed by atoms with E-state index in [4.69, 9.17) is 0 Å². The Morgan fingerprint density at radius 1 is 1.13 bits per heavy atom. The Bertz CT molecular complexity index is 787. The highest BCUT2D eigenvalue weighted by Gasteiger charge is 2.18. The van der Waals surface area contributed by atoms with Crippen molar-refractivity contribution in [3.63, 3.8) is 0 Å². The summed E-state index contributed by atoms with van der Waals surface area (Å²) < 4.78 is 1.80. The first-order valence-electron chi connectivity index (χ1n) is 7.90. The van der Waals surface area contributed by atoms with Crippen molar-refractivity contribution in [1.29, 1.82) is 0 Å².